The van der Waals surface area contributed by atoms with Gasteiger partial charge in [0.15, 0.2) is 0 Å². The molecule has 126 valence electrons. The van der Waals surface area contributed by atoms with Gasteiger partial charge in [0.05, 0.1) is 0 Å². The van der Waals surface area contributed by atoms with Crippen molar-refractivity contribution in [1.29, 1.82) is 0 Å². The summed E-state index contributed by atoms with van der Waals surface area (Å²) in [6.07, 6.45) is 2.96. The lowest BCUT2D eigenvalue weighted by atomic mass is 9.96. The van der Waals surface area contributed by atoms with Crippen LogP contribution in [0.1, 0.15) is 46.9 Å². The molecule has 0 bridgehead atoms. The van der Waals surface area contributed by atoms with Crippen LogP contribution in [0.3, 0.4) is 0 Å². The third kappa shape index (κ3) is 4.79. The minimum atomic E-state index is -0.116. The largest absolute Gasteiger partial charge is 0.352 e. The van der Waals surface area contributed by atoms with E-state index in [1.807, 2.05) is 18.9 Å². The van der Waals surface area contributed by atoms with Crippen LogP contribution in [-0.4, -0.2) is 49.9 Å². The number of amides is 2. The van der Waals surface area contributed by atoms with E-state index in [-0.39, 0.29) is 11.8 Å². The Morgan fingerprint density at radius 3 is 2.57 bits per heavy atom. The number of nitrogens with zero attached hydrogens (tertiary/aromatic N) is 1. The Balaban J connectivity index is 1.99. The van der Waals surface area contributed by atoms with Crippen molar-refractivity contribution in [3.8, 4) is 0 Å². The number of hydrogen-bond acceptors (Lipinski definition) is 3. The zero-order chi connectivity index (χ0) is 16.7. The molecule has 0 atom stereocenters. The van der Waals surface area contributed by atoms with E-state index in [4.69, 9.17) is 0 Å². The molecule has 1 fully saturated rings. The zero-order valence-corrected chi connectivity index (χ0v) is 14.1. The molecule has 2 N–H and O–H groups in total. The first kappa shape index (κ1) is 17.5. The summed E-state index contributed by atoms with van der Waals surface area (Å²) in [4.78, 5) is 26.6. The predicted octanol–water partition coefficient (Wildman–Crippen LogP) is 1.90. The number of hydrogen-bond donors (Lipinski definition) is 2. The Labute approximate surface area is 138 Å². The topological polar surface area (TPSA) is 61.4 Å². The lowest BCUT2D eigenvalue weighted by Crippen LogP contribution is -2.40. The molecule has 0 unspecified atom stereocenters. The molecule has 1 heterocycles. The Morgan fingerprint density at radius 2 is 1.91 bits per heavy atom. The summed E-state index contributed by atoms with van der Waals surface area (Å²) in [6.45, 7) is 5.25. The van der Waals surface area contributed by atoms with Crippen LogP contribution >= 0.6 is 0 Å². The number of piperidine rings is 1. The van der Waals surface area contributed by atoms with Crippen molar-refractivity contribution >= 4 is 11.8 Å². The van der Waals surface area contributed by atoms with Crippen molar-refractivity contribution in [1.82, 2.24) is 15.5 Å². The fourth-order valence-electron chi connectivity index (χ4n) is 2.95. The highest BCUT2D eigenvalue weighted by Crippen LogP contribution is 2.19. The van der Waals surface area contributed by atoms with E-state index in [1.54, 1.807) is 24.3 Å². The number of rotatable bonds is 6. The first-order chi connectivity index (χ1) is 11.2. The summed E-state index contributed by atoms with van der Waals surface area (Å²) in [5, 5.41) is 6.05. The van der Waals surface area contributed by atoms with Crippen LogP contribution in [0.2, 0.25) is 0 Å². The van der Waals surface area contributed by atoms with Crippen LogP contribution in [0, 0.1) is 5.92 Å². The molecule has 1 saturated heterocycles. The van der Waals surface area contributed by atoms with E-state index in [0.717, 1.165) is 38.9 Å². The quantitative estimate of drug-likeness (QED) is 0.842. The summed E-state index contributed by atoms with van der Waals surface area (Å²) in [5.41, 5.74) is 1.15. The highest BCUT2D eigenvalue weighted by molar-refractivity contribution is 5.99. The van der Waals surface area contributed by atoms with Gasteiger partial charge < -0.3 is 15.5 Å². The smallest absolute Gasteiger partial charge is 0.253 e. The summed E-state index contributed by atoms with van der Waals surface area (Å²) < 4.78 is 0. The van der Waals surface area contributed by atoms with Crippen molar-refractivity contribution < 1.29 is 9.59 Å². The number of carbonyl (C=O) groups excluding carboxylic acids is 2. The third-order valence-corrected chi connectivity index (χ3v) is 4.30. The molecule has 1 aromatic carbocycles. The Kier molecular flexibility index (Phi) is 6.59. The van der Waals surface area contributed by atoms with Gasteiger partial charge in [-0.25, -0.2) is 0 Å². The zero-order valence-electron chi connectivity index (χ0n) is 14.1. The van der Waals surface area contributed by atoms with Crippen molar-refractivity contribution in [2.45, 2.75) is 26.2 Å². The molecule has 0 saturated carbocycles. The van der Waals surface area contributed by atoms with Gasteiger partial charge in [0.1, 0.15) is 0 Å². The Morgan fingerprint density at radius 1 is 1.22 bits per heavy atom. The van der Waals surface area contributed by atoms with Gasteiger partial charge in [0.2, 0.25) is 0 Å². The molecule has 2 rings (SSSR count). The van der Waals surface area contributed by atoms with Crippen molar-refractivity contribution in [2.75, 3.05) is 33.2 Å². The van der Waals surface area contributed by atoms with Gasteiger partial charge in [-0.3, -0.25) is 9.59 Å². The fraction of sp³-hybridized carbons (Fsp3) is 0.556. The summed E-state index contributed by atoms with van der Waals surface area (Å²) in [6, 6.07) is 7.02. The molecule has 0 radical (unpaired) electrons. The Bertz CT molecular complexity index is 537. The highest BCUT2D eigenvalue weighted by Gasteiger charge is 2.23. The first-order valence-corrected chi connectivity index (χ1v) is 8.47. The van der Waals surface area contributed by atoms with Gasteiger partial charge in [0.25, 0.3) is 11.8 Å². The second-order valence-corrected chi connectivity index (χ2v) is 6.13. The molecule has 1 aliphatic heterocycles. The van der Waals surface area contributed by atoms with Crippen molar-refractivity contribution in [2.24, 2.45) is 5.92 Å². The maximum absolute atomic E-state index is 12.6. The maximum atomic E-state index is 12.6. The van der Waals surface area contributed by atoms with Crippen molar-refractivity contribution in [3.05, 3.63) is 35.4 Å². The fourth-order valence-corrected chi connectivity index (χ4v) is 2.95. The average Bonchev–Trinajstić information content (AvgIpc) is 2.60. The van der Waals surface area contributed by atoms with Crippen LogP contribution < -0.4 is 10.6 Å². The second-order valence-electron chi connectivity index (χ2n) is 6.13. The first-order valence-electron chi connectivity index (χ1n) is 8.47. The molecule has 5 heteroatoms. The number of nitrogens with one attached hydrogen (secondary N) is 2. The molecule has 0 aromatic heterocycles. The van der Waals surface area contributed by atoms with Crippen LogP contribution in [-0.2, 0) is 0 Å². The molecule has 1 aliphatic rings. The number of likely N-dealkylation sites (tertiary alicyclic amines) is 1. The van der Waals surface area contributed by atoms with Gasteiger partial charge in [-0.05, 0) is 57.0 Å². The van der Waals surface area contributed by atoms with E-state index in [2.05, 4.69) is 10.6 Å². The van der Waals surface area contributed by atoms with Gasteiger partial charge in [0, 0.05) is 30.8 Å². The van der Waals surface area contributed by atoms with Crippen LogP contribution in [0.4, 0.5) is 0 Å². The average molecular weight is 317 g/mol. The molecular weight excluding hydrogens is 290 g/mol. The van der Waals surface area contributed by atoms with Gasteiger partial charge in [-0.1, -0.05) is 13.0 Å². The summed E-state index contributed by atoms with van der Waals surface area (Å²) in [7, 11) is 1.96. The Hall–Kier alpha value is -1.88. The maximum Gasteiger partial charge on any atom is 0.253 e. The number of carbonyl (C=O) groups is 2. The van der Waals surface area contributed by atoms with E-state index in [0.29, 0.717) is 23.6 Å². The van der Waals surface area contributed by atoms with Crippen molar-refractivity contribution in [3.63, 3.8) is 0 Å². The molecule has 23 heavy (non-hydrogen) atoms. The van der Waals surface area contributed by atoms with Gasteiger partial charge in [-0.15, -0.1) is 0 Å². The third-order valence-electron chi connectivity index (χ3n) is 4.30. The number of benzene rings is 1. The van der Waals surface area contributed by atoms with Crippen LogP contribution in [0.25, 0.3) is 0 Å². The molecule has 0 aliphatic carbocycles. The molecule has 1 aromatic rings. The van der Waals surface area contributed by atoms with Crippen LogP contribution in [0.15, 0.2) is 24.3 Å². The SMILES string of the molecule is CCCNC(=O)c1cccc(C(=O)N2CCC(CNC)CC2)c1. The van der Waals surface area contributed by atoms with E-state index < -0.39 is 0 Å². The normalized spacial score (nSPS) is 15.5. The standard InChI is InChI=1S/C18H27N3O2/c1-3-9-20-17(22)15-5-4-6-16(12-15)18(23)21-10-7-14(8-11-21)13-19-2/h4-6,12,14,19H,3,7-11,13H2,1-2H3,(H,20,22). The highest BCUT2D eigenvalue weighted by atomic mass is 16.2. The van der Waals surface area contributed by atoms with Gasteiger partial charge in [-0.2, -0.15) is 0 Å². The molecular formula is C18H27N3O2. The minimum absolute atomic E-state index is 0.0260. The van der Waals surface area contributed by atoms with E-state index in [9.17, 15) is 9.59 Å². The van der Waals surface area contributed by atoms with Gasteiger partial charge >= 0.3 is 0 Å². The summed E-state index contributed by atoms with van der Waals surface area (Å²) in [5.74, 6) is 0.558. The summed E-state index contributed by atoms with van der Waals surface area (Å²) >= 11 is 0. The predicted molar refractivity (Wildman–Crippen MR) is 91.6 cm³/mol. The van der Waals surface area contributed by atoms with E-state index >= 15 is 0 Å². The molecule has 5 nitrogen and oxygen atoms in total. The monoisotopic (exact) mass is 317 g/mol. The van der Waals surface area contributed by atoms with E-state index in [1.165, 1.54) is 0 Å². The lowest BCUT2D eigenvalue weighted by Gasteiger charge is -2.32. The second kappa shape index (κ2) is 8.67. The molecule has 0 spiro atoms. The lowest BCUT2D eigenvalue weighted by molar-refractivity contribution is 0.0691. The van der Waals surface area contributed by atoms with Crippen LogP contribution in [0.5, 0.6) is 0 Å². The molecule has 2 amide bonds. The minimum Gasteiger partial charge on any atom is -0.352 e.